The van der Waals surface area contributed by atoms with Crippen molar-refractivity contribution in [1.82, 2.24) is 4.90 Å². The molecule has 19 heavy (non-hydrogen) atoms. The number of carboxylic acid groups (broad SMARTS) is 1. The van der Waals surface area contributed by atoms with Gasteiger partial charge in [0.05, 0.1) is 0 Å². The Morgan fingerprint density at radius 1 is 1.37 bits per heavy atom. The Kier molecular flexibility index (Phi) is 3.89. The van der Waals surface area contributed by atoms with Gasteiger partial charge in [-0.15, -0.1) is 0 Å². The highest BCUT2D eigenvalue weighted by atomic mass is 16.5. The number of aromatic hydroxyl groups is 1. The van der Waals surface area contributed by atoms with E-state index in [2.05, 4.69) is 0 Å². The predicted octanol–water partition coefficient (Wildman–Crippen LogP) is 0.847. The summed E-state index contributed by atoms with van der Waals surface area (Å²) in [6.07, 6.45) is 1.15. The fourth-order valence-corrected chi connectivity index (χ4v) is 2.12. The first-order valence-electron chi connectivity index (χ1n) is 6.02. The van der Waals surface area contributed by atoms with Crippen LogP contribution in [0.25, 0.3) is 0 Å². The number of amides is 1. The Bertz CT molecular complexity index is 488. The van der Waals surface area contributed by atoms with Crippen molar-refractivity contribution in [2.24, 2.45) is 0 Å². The zero-order chi connectivity index (χ0) is 13.8. The number of benzene rings is 1. The quantitative estimate of drug-likeness (QED) is 0.842. The Morgan fingerprint density at radius 3 is 2.79 bits per heavy atom. The van der Waals surface area contributed by atoms with Crippen LogP contribution in [0.15, 0.2) is 24.3 Å². The van der Waals surface area contributed by atoms with Gasteiger partial charge >= 0.3 is 5.97 Å². The summed E-state index contributed by atoms with van der Waals surface area (Å²) in [5.74, 6) is -1.21. The summed E-state index contributed by atoms with van der Waals surface area (Å²) in [7, 11) is 0. The normalized spacial score (nSPS) is 18.3. The molecule has 102 valence electrons. The molecule has 0 aromatic heterocycles. The molecule has 0 aliphatic carbocycles. The van der Waals surface area contributed by atoms with Crippen LogP contribution in [0.4, 0.5) is 0 Å². The first-order chi connectivity index (χ1) is 9.09. The molecule has 2 N–H and O–H groups in total. The van der Waals surface area contributed by atoms with Crippen molar-refractivity contribution in [2.45, 2.75) is 18.9 Å². The summed E-state index contributed by atoms with van der Waals surface area (Å²) in [6, 6.07) is 5.55. The molecule has 1 fully saturated rings. The molecule has 0 saturated carbocycles. The third-order valence-electron chi connectivity index (χ3n) is 3.07. The standard InChI is InChI=1S/C13H15NO5/c15-10-5-1-2-6-11(10)19-8-12(16)14-7-3-4-9(14)13(17)18/h1-2,5-6,9,15H,3-4,7-8H2,(H,17,18)/t9-/m1/s1. The number of likely N-dealkylation sites (tertiary alicyclic amines) is 1. The van der Waals surface area contributed by atoms with Crippen molar-refractivity contribution >= 4 is 11.9 Å². The summed E-state index contributed by atoms with van der Waals surface area (Å²) >= 11 is 0. The third-order valence-corrected chi connectivity index (χ3v) is 3.07. The molecule has 0 radical (unpaired) electrons. The number of aliphatic carboxylic acids is 1. The van der Waals surface area contributed by atoms with Crippen molar-refractivity contribution < 1.29 is 24.5 Å². The maximum absolute atomic E-state index is 11.9. The van der Waals surface area contributed by atoms with E-state index in [9.17, 15) is 14.7 Å². The molecule has 1 amide bonds. The third kappa shape index (κ3) is 2.96. The van der Waals surface area contributed by atoms with Gasteiger partial charge in [-0.1, -0.05) is 12.1 Å². The molecule has 1 heterocycles. The van der Waals surface area contributed by atoms with Gasteiger partial charge in [-0.3, -0.25) is 4.79 Å². The number of carbonyl (C=O) groups excluding carboxylic acids is 1. The number of hydrogen-bond acceptors (Lipinski definition) is 4. The summed E-state index contributed by atoms with van der Waals surface area (Å²) in [6.45, 7) is 0.154. The Balaban J connectivity index is 1.95. The maximum Gasteiger partial charge on any atom is 0.326 e. The molecule has 0 spiro atoms. The SMILES string of the molecule is O=C(O)[C@H]1CCCN1C(=O)COc1ccccc1O. The van der Waals surface area contributed by atoms with Gasteiger partial charge < -0.3 is 19.8 Å². The largest absolute Gasteiger partial charge is 0.504 e. The lowest BCUT2D eigenvalue weighted by Gasteiger charge is -2.21. The molecule has 1 saturated heterocycles. The fourth-order valence-electron chi connectivity index (χ4n) is 2.12. The second-order valence-corrected chi connectivity index (χ2v) is 4.34. The number of ether oxygens (including phenoxy) is 1. The molecule has 0 unspecified atom stereocenters. The number of carboxylic acids is 1. The van der Waals surface area contributed by atoms with Crippen molar-refractivity contribution in [3.05, 3.63) is 24.3 Å². The van der Waals surface area contributed by atoms with E-state index in [1.807, 2.05) is 0 Å². The average molecular weight is 265 g/mol. The van der Waals surface area contributed by atoms with Crippen LogP contribution in [0.2, 0.25) is 0 Å². The van der Waals surface area contributed by atoms with E-state index in [1.54, 1.807) is 18.2 Å². The van der Waals surface area contributed by atoms with Gasteiger partial charge in [-0.05, 0) is 25.0 Å². The van der Waals surface area contributed by atoms with Crippen LogP contribution >= 0.6 is 0 Å². The summed E-state index contributed by atoms with van der Waals surface area (Å²) in [5.41, 5.74) is 0. The lowest BCUT2D eigenvalue weighted by Crippen LogP contribution is -2.42. The van der Waals surface area contributed by atoms with Crippen LogP contribution in [0.5, 0.6) is 11.5 Å². The molecule has 6 heteroatoms. The molecule has 1 aromatic carbocycles. The van der Waals surface area contributed by atoms with Crippen LogP contribution in [-0.2, 0) is 9.59 Å². The molecule has 6 nitrogen and oxygen atoms in total. The van der Waals surface area contributed by atoms with E-state index >= 15 is 0 Å². The lowest BCUT2D eigenvalue weighted by atomic mass is 10.2. The monoisotopic (exact) mass is 265 g/mol. The molecule has 1 atom stereocenters. The zero-order valence-corrected chi connectivity index (χ0v) is 10.3. The number of rotatable bonds is 4. The van der Waals surface area contributed by atoms with E-state index in [0.29, 0.717) is 19.4 Å². The van der Waals surface area contributed by atoms with Gasteiger partial charge in [0.2, 0.25) is 0 Å². The van der Waals surface area contributed by atoms with Crippen molar-refractivity contribution in [3.8, 4) is 11.5 Å². The second-order valence-electron chi connectivity index (χ2n) is 4.34. The average Bonchev–Trinajstić information content (AvgIpc) is 2.87. The Hall–Kier alpha value is -2.24. The maximum atomic E-state index is 11.9. The van der Waals surface area contributed by atoms with Gasteiger partial charge in [0.15, 0.2) is 18.1 Å². The number of carbonyl (C=O) groups is 2. The van der Waals surface area contributed by atoms with E-state index in [4.69, 9.17) is 9.84 Å². The molecular weight excluding hydrogens is 250 g/mol. The molecule has 0 bridgehead atoms. The highest BCUT2D eigenvalue weighted by Crippen LogP contribution is 2.24. The van der Waals surface area contributed by atoms with Crippen LogP contribution in [0, 0.1) is 0 Å². The van der Waals surface area contributed by atoms with Gasteiger partial charge in [-0.25, -0.2) is 4.79 Å². The molecule has 1 aliphatic heterocycles. The smallest absolute Gasteiger partial charge is 0.326 e. The van der Waals surface area contributed by atoms with E-state index in [1.165, 1.54) is 11.0 Å². The van der Waals surface area contributed by atoms with Gasteiger partial charge in [0.25, 0.3) is 5.91 Å². The van der Waals surface area contributed by atoms with Gasteiger partial charge in [0.1, 0.15) is 6.04 Å². The Morgan fingerprint density at radius 2 is 2.11 bits per heavy atom. The molecule has 1 aromatic rings. The number of phenolic OH excluding ortho intramolecular Hbond substituents is 1. The molecule has 2 rings (SSSR count). The first-order valence-corrected chi connectivity index (χ1v) is 6.02. The predicted molar refractivity (Wildman–Crippen MR) is 66.0 cm³/mol. The van der Waals surface area contributed by atoms with Crippen molar-refractivity contribution in [3.63, 3.8) is 0 Å². The minimum atomic E-state index is -0.992. The fraction of sp³-hybridized carbons (Fsp3) is 0.385. The van der Waals surface area contributed by atoms with Crippen LogP contribution < -0.4 is 4.74 Å². The van der Waals surface area contributed by atoms with E-state index in [-0.39, 0.29) is 24.0 Å². The lowest BCUT2D eigenvalue weighted by molar-refractivity contribution is -0.149. The minimum absolute atomic E-state index is 0.0495. The summed E-state index contributed by atoms with van der Waals surface area (Å²) < 4.78 is 5.20. The highest BCUT2D eigenvalue weighted by molar-refractivity contribution is 5.85. The number of para-hydroxylation sites is 2. The first kappa shape index (κ1) is 13.2. The summed E-state index contributed by atoms with van der Waals surface area (Å²) in [5, 5.41) is 18.5. The van der Waals surface area contributed by atoms with Crippen LogP contribution in [0.3, 0.4) is 0 Å². The van der Waals surface area contributed by atoms with Gasteiger partial charge in [0, 0.05) is 6.54 Å². The molecular formula is C13H15NO5. The zero-order valence-electron chi connectivity index (χ0n) is 10.3. The summed E-state index contributed by atoms with van der Waals surface area (Å²) in [4.78, 5) is 24.2. The highest BCUT2D eigenvalue weighted by Gasteiger charge is 2.33. The van der Waals surface area contributed by atoms with Crippen LogP contribution in [-0.4, -0.2) is 46.2 Å². The van der Waals surface area contributed by atoms with Crippen LogP contribution in [0.1, 0.15) is 12.8 Å². The number of nitrogens with zero attached hydrogens (tertiary/aromatic N) is 1. The van der Waals surface area contributed by atoms with E-state index < -0.39 is 12.0 Å². The molecule has 1 aliphatic rings. The van der Waals surface area contributed by atoms with Crippen molar-refractivity contribution in [2.75, 3.05) is 13.2 Å². The van der Waals surface area contributed by atoms with E-state index in [0.717, 1.165) is 0 Å². The number of hydrogen-bond donors (Lipinski definition) is 2. The second kappa shape index (κ2) is 5.60. The topological polar surface area (TPSA) is 87.1 Å². The van der Waals surface area contributed by atoms with Gasteiger partial charge in [-0.2, -0.15) is 0 Å². The number of phenols is 1. The Labute approximate surface area is 110 Å². The van der Waals surface area contributed by atoms with Crippen molar-refractivity contribution in [1.29, 1.82) is 0 Å². The minimum Gasteiger partial charge on any atom is -0.504 e.